The highest BCUT2D eigenvalue weighted by Gasteiger charge is 2.45. The average Bonchev–Trinajstić information content (AvgIpc) is 2.26. The van der Waals surface area contributed by atoms with Crippen molar-refractivity contribution < 1.29 is 14.3 Å². The van der Waals surface area contributed by atoms with Crippen LogP contribution in [0.5, 0.6) is 0 Å². The summed E-state index contributed by atoms with van der Waals surface area (Å²) in [5, 5.41) is 0. The lowest BCUT2D eigenvalue weighted by Crippen LogP contribution is -2.42. The average molecular weight is 253 g/mol. The van der Waals surface area contributed by atoms with Crippen LogP contribution in [0.4, 0.5) is 0 Å². The van der Waals surface area contributed by atoms with E-state index in [0.29, 0.717) is 24.1 Å². The molecule has 0 bridgehead atoms. The number of Topliss-reactive ketones (excluding diaryl/α,β-unsaturated/α-hetero) is 1. The van der Waals surface area contributed by atoms with Crippen molar-refractivity contribution in [3.8, 4) is 0 Å². The molecule has 102 valence electrons. The zero-order chi connectivity index (χ0) is 13.9. The second-order valence-corrected chi connectivity index (χ2v) is 5.58. The van der Waals surface area contributed by atoms with Gasteiger partial charge in [0.05, 0.1) is 7.11 Å². The van der Waals surface area contributed by atoms with Gasteiger partial charge in [-0.15, -0.1) is 0 Å². The summed E-state index contributed by atoms with van der Waals surface area (Å²) in [4.78, 5) is 24.0. The topological polar surface area (TPSA) is 69.4 Å². The number of hydrogen-bond donors (Lipinski definition) is 1. The smallest absolute Gasteiger partial charge is 0.315 e. The highest BCUT2D eigenvalue weighted by Crippen LogP contribution is 2.42. The van der Waals surface area contributed by atoms with Crippen LogP contribution < -0.4 is 5.73 Å². The number of nitrogens with two attached hydrogens (primary N) is 1. The van der Waals surface area contributed by atoms with Crippen molar-refractivity contribution in [1.29, 1.82) is 0 Å². The van der Waals surface area contributed by atoms with E-state index in [1.54, 1.807) is 0 Å². The van der Waals surface area contributed by atoms with Crippen molar-refractivity contribution in [2.75, 3.05) is 7.11 Å². The summed E-state index contributed by atoms with van der Waals surface area (Å²) in [5.74, 6) is -0.780. The quantitative estimate of drug-likeness (QED) is 0.780. The molecule has 0 aromatic rings. The Hall–Kier alpha value is -1.32. The molecule has 4 nitrogen and oxygen atoms in total. The lowest BCUT2D eigenvalue weighted by molar-refractivity contribution is -0.148. The first-order chi connectivity index (χ1) is 8.35. The normalized spacial score (nSPS) is 23.1. The highest BCUT2D eigenvalue weighted by atomic mass is 16.5. The van der Waals surface area contributed by atoms with Crippen molar-refractivity contribution in [2.24, 2.45) is 17.1 Å². The van der Waals surface area contributed by atoms with Crippen LogP contribution in [-0.4, -0.2) is 18.9 Å². The number of ketones is 1. The first-order valence-electron chi connectivity index (χ1n) is 6.44. The molecule has 1 aliphatic rings. The number of esters is 1. The molecule has 0 aromatic heterocycles. The molecule has 0 spiro atoms. The van der Waals surface area contributed by atoms with E-state index < -0.39 is 11.3 Å². The second kappa shape index (κ2) is 5.55. The van der Waals surface area contributed by atoms with Crippen molar-refractivity contribution in [3.05, 3.63) is 11.3 Å². The number of carbonyl (C=O) groups excluding carboxylic acids is 2. The summed E-state index contributed by atoms with van der Waals surface area (Å²) in [5.41, 5.74) is 6.64. The lowest BCUT2D eigenvalue weighted by Gasteiger charge is -2.37. The second-order valence-electron chi connectivity index (χ2n) is 5.58. The van der Waals surface area contributed by atoms with Gasteiger partial charge in [-0.05, 0) is 18.3 Å². The van der Waals surface area contributed by atoms with E-state index in [9.17, 15) is 9.59 Å². The molecule has 1 atom stereocenters. The van der Waals surface area contributed by atoms with E-state index in [1.807, 2.05) is 13.8 Å². The Morgan fingerprint density at radius 1 is 1.50 bits per heavy atom. The Balaban J connectivity index is 3.14. The third-order valence-corrected chi connectivity index (χ3v) is 3.61. The minimum atomic E-state index is -0.507. The maximum atomic E-state index is 12.1. The zero-order valence-corrected chi connectivity index (χ0v) is 11.7. The molecule has 0 fully saturated rings. The third-order valence-electron chi connectivity index (χ3n) is 3.61. The minimum absolute atomic E-state index is 0.0751. The van der Waals surface area contributed by atoms with Gasteiger partial charge in [-0.1, -0.05) is 27.2 Å². The molecule has 1 unspecified atom stereocenters. The molecule has 2 N–H and O–H groups in total. The van der Waals surface area contributed by atoms with Gasteiger partial charge in [-0.25, -0.2) is 0 Å². The van der Waals surface area contributed by atoms with Gasteiger partial charge in [0.2, 0.25) is 0 Å². The molecular formula is C14H23NO3. The largest absolute Gasteiger partial charge is 0.468 e. The van der Waals surface area contributed by atoms with E-state index in [4.69, 9.17) is 10.5 Å². The minimum Gasteiger partial charge on any atom is -0.468 e. The molecule has 0 heterocycles. The van der Waals surface area contributed by atoms with Gasteiger partial charge in [-0.3, -0.25) is 9.59 Å². The number of rotatable bonds is 4. The molecule has 4 heteroatoms. The fourth-order valence-corrected chi connectivity index (χ4v) is 2.58. The number of ether oxygens (including phenoxy) is 1. The van der Waals surface area contributed by atoms with Crippen molar-refractivity contribution in [1.82, 2.24) is 0 Å². The molecule has 0 amide bonds. The monoisotopic (exact) mass is 253 g/mol. The van der Waals surface area contributed by atoms with Gasteiger partial charge in [0.25, 0.3) is 0 Å². The molecule has 1 rings (SSSR count). The SMILES string of the molecule is CCCCC1=C(N)C(C(=O)OC)C(C)(C)CC1=O. The fraction of sp³-hybridized carbons (Fsp3) is 0.714. The number of allylic oxidation sites excluding steroid dienone is 1. The Morgan fingerprint density at radius 2 is 2.11 bits per heavy atom. The number of hydrogen-bond acceptors (Lipinski definition) is 4. The Labute approximate surface area is 109 Å². The number of unbranched alkanes of at least 4 members (excludes halogenated alkanes) is 1. The zero-order valence-electron chi connectivity index (χ0n) is 11.7. The molecule has 1 aliphatic carbocycles. The van der Waals surface area contributed by atoms with E-state index in [1.165, 1.54) is 7.11 Å². The molecule has 0 aromatic carbocycles. The molecule has 0 radical (unpaired) electrons. The van der Waals surface area contributed by atoms with Gasteiger partial charge in [0.1, 0.15) is 5.92 Å². The summed E-state index contributed by atoms with van der Waals surface area (Å²) in [6.45, 7) is 5.83. The highest BCUT2D eigenvalue weighted by molar-refractivity contribution is 5.99. The van der Waals surface area contributed by atoms with E-state index >= 15 is 0 Å². The van der Waals surface area contributed by atoms with Gasteiger partial charge in [-0.2, -0.15) is 0 Å². The maximum absolute atomic E-state index is 12.1. The van der Waals surface area contributed by atoms with Crippen LogP contribution in [0.15, 0.2) is 11.3 Å². The van der Waals surface area contributed by atoms with Gasteiger partial charge >= 0.3 is 5.97 Å². The van der Waals surface area contributed by atoms with E-state index in [-0.39, 0.29) is 11.8 Å². The van der Waals surface area contributed by atoms with E-state index in [0.717, 1.165) is 12.8 Å². The van der Waals surface area contributed by atoms with Gasteiger partial charge in [0.15, 0.2) is 5.78 Å². The van der Waals surface area contributed by atoms with Crippen LogP contribution in [0.3, 0.4) is 0 Å². The number of carbonyl (C=O) groups is 2. The van der Waals surface area contributed by atoms with Crippen LogP contribution in [0.1, 0.15) is 46.5 Å². The predicted molar refractivity (Wildman–Crippen MR) is 69.6 cm³/mol. The standard InChI is InChI=1S/C14H23NO3/c1-5-6-7-9-10(16)8-14(2,3)11(12(9)15)13(17)18-4/h11H,5-8,15H2,1-4H3. The summed E-state index contributed by atoms with van der Waals surface area (Å²) in [7, 11) is 1.35. The Kier molecular flexibility index (Phi) is 4.54. The first-order valence-corrected chi connectivity index (χ1v) is 6.44. The molecule has 18 heavy (non-hydrogen) atoms. The molecule has 0 saturated heterocycles. The van der Waals surface area contributed by atoms with Gasteiger partial charge in [0, 0.05) is 17.7 Å². The van der Waals surface area contributed by atoms with Crippen molar-refractivity contribution in [2.45, 2.75) is 46.5 Å². The summed E-state index contributed by atoms with van der Waals surface area (Å²) >= 11 is 0. The molecule has 0 saturated carbocycles. The van der Waals surface area contributed by atoms with Crippen LogP contribution in [-0.2, 0) is 14.3 Å². The van der Waals surface area contributed by atoms with Crippen molar-refractivity contribution >= 4 is 11.8 Å². The summed E-state index contributed by atoms with van der Waals surface area (Å²) < 4.78 is 4.82. The fourth-order valence-electron chi connectivity index (χ4n) is 2.58. The molecular weight excluding hydrogens is 230 g/mol. The summed E-state index contributed by atoms with van der Waals surface area (Å²) in [6.07, 6.45) is 2.92. The maximum Gasteiger partial charge on any atom is 0.315 e. The summed E-state index contributed by atoms with van der Waals surface area (Å²) in [6, 6.07) is 0. The predicted octanol–water partition coefficient (Wildman–Crippen LogP) is 2.18. The Bertz CT molecular complexity index is 383. The van der Waals surface area contributed by atoms with Crippen LogP contribution in [0, 0.1) is 11.3 Å². The first kappa shape index (κ1) is 14.7. The van der Waals surface area contributed by atoms with Crippen LogP contribution in [0.2, 0.25) is 0 Å². The van der Waals surface area contributed by atoms with Crippen molar-refractivity contribution in [3.63, 3.8) is 0 Å². The third kappa shape index (κ3) is 2.74. The lowest BCUT2D eigenvalue weighted by atomic mass is 9.67. The number of methoxy groups -OCH3 is 1. The van der Waals surface area contributed by atoms with Crippen LogP contribution in [0.25, 0.3) is 0 Å². The van der Waals surface area contributed by atoms with Crippen LogP contribution >= 0.6 is 0 Å². The van der Waals surface area contributed by atoms with Gasteiger partial charge < -0.3 is 10.5 Å². The Morgan fingerprint density at radius 3 is 2.61 bits per heavy atom. The molecule has 0 aliphatic heterocycles. The van der Waals surface area contributed by atoms with E-state index in [2.05, 4.69) is 6.92 Å².